The van der Waals surface area contributed by atoms with Crippen molar-refractivity contribution in [1.82, 2.24) is 19.6 Å². The van der Waals surface area contributed by atoms with E-state index in [0.717, 1.165) is 42.8 Å². The zero-order chi connectivity index (χ0) is 18.5. The first-order chi connectivity index (χ1) is 13.3. The number of ether oxygens (including phenoxy) is 1. The lowest BCUT2D eigenvalue weighted by Gasteiger charge is -2.40. The van der Waals surface area contributed by atoms with E-state index in [1.165, 1.54) is 84.1 Å². The molecule has 0 unspecified atom stereocenters. The monoisotopic (exact) mass is 394 g/mol. The first-order valence-electron chi connectivity index (χ1n) is 11.2. The lowest BCUT2D eigenvalue weighted by Crippen LogP contribution is -2.50. The van der Waals surface area contributed by atoms with Crippen LogP contribution in [0.3, 0.4) is 0 Å². The molecule has 1 saturated heterocycles. The van der Waals surface area contributed by atoms with Crippen LogP contribution in [-0.4, -0.2) is 65.0 Å². The van der Waals surface area contributed by atoms with E-state index in [0.29, 0.717) is 5.88 Å². The van der Waals surface area contributed by atoms with Gasteiger partial charge in [0.05, 0.1) is 12.3 Å². The van der Waals surface area contributed by atoms with Crippen LogP contribution in [0.15, 0.2) is 0 Å². The van der Waals surface area contributed by atoms with E-state index in [9.17, 15) is 0 Å². The van der Waals surface area contributed by atoms with Crippen LogP contribution in [-0.2, 0) is 13.0 Å². The first-order valence-corrected chi connectivity index (χ1v) is 11.5. The molecule has 1 aliphatic carbocycles. The number of hydrogen-bond donors (Lipinski definition) is 0. The minimum absolute atomic E-state index is 0.648. The van der Waals surface area contributed by atoms with Crippen molar-refractivity contribution in [1.29, 1.82) is 0 Å². The second-order valence-corrected chi connectivity index (χ2v) is 8.85. The number of nitrogens with zero attached hydrogens (tertiary/aromatic N) is 4. The minimum Gasteiger partial charge on any atom is -0.476 e. The van der Waals surface area contributed by atoms with Gasteiger partial charge in [0, 0.05) is 38.8 Å². The van der Waals surface area contributed by atoms with Gasteiger partial charge in [-0.1, -0.05) is 30.9 Å². The van der Waals surface area contributed by atoms with Crippen LogP contribution in [0.25, 0.3) is 0 Å². The summed E-state index contributed by atoms with van der Waals surface area (Å²) in [5.74, 6) is 0.648. The molecule has 0 atom stereocenters. The Morgan fingerprint density at radius 1 is 0.926 bits per heavy atom. The Hall–Kier alpha value is -0.780. The molecule has 152 valence electrons. The number of rotatable bonds is 7. The van der Waals surface area contributed by atoms with Crippen molar-refractivity contribution < 1.29 is 4.74 Å². The molecule has 0 aromatic carbocycles. The zero-order valence-electron chi connectivity index (χ0n) is 16.7. The van der Waals surface area contributed by atoms with Gasteiger partial charge < -0.3 is 9.64 Å². The van der Waals surface area contributed by atoms with Crippen molar-refractivity contribution in [2.75, 3.05) is 39.3 Å². The van der Waals surface area contributed by atoms with Crippen molar-refractivity contribution >= 4 is 11.6 Å². The molecule has 3 aliphatic rings. The molecule has 27 heavy (non-hydrogen) atoms. The molecule has 0 spiro atoms. The van der Waals surface area contributed by atoms with Gasteiger partial charge in [-0.05, 0) is 51.5 Å². The van der Waals surface area contributed by atoms with Crippen LogP contribution < -0.4 is 4.74 Å². The van der Waals surface area contributed by atoms with E-state index < -0.39 is 0 Å². The van der Waals surface area contributed by atoms with Crippen LogP contribution in [0, 0.1) is 0 Å². The Kier molecular flexibility index (Phi) is 6.96. The molecule has 1 saturated carbocycles. The van der Waals surface area contributed by atoms with E-state index in [2.05, 4.69) is 14.9 Å². The van der Waals surface area contributed by atoms with Crippen molar-refractivity contribution in [2.24, 2.45) is 0 Å². The number of piperazine rings is 1. The van der Waals surface area contributed by atoms with Gasteiger partial charge in [-0.15, -0.1) is 5.10 Å². The minimum atomic E-state index is 0.648. The Morgan fingerprint density at radius 3 is 2.52 bits per heavy atom. The lowest BCUT2D eigenvalue weighted by molar-refractivity contribution is 0.0776. The molecule has 2 fully saturated rings. The van der Waals surface area contributed by atoms with Crippen LogP contribution >= 0.6 is 11.6 Å². The third-order valence-electron chi connectivity index (χ3n) is 6.60. The predicted octanol–water partition coefficient (Wildman–Crippen LogP) is 3.98. The molecule has 4 rings (SSSR count). The molecular formula is C21H35ClN4O. The van der Waals surface area contributed by atoms with E-state index in [-0.39, 0.29) is 0 Å². The van der Waals surface area contributed by atoms with E-state index >= 15 is 0 Å². The average molecular weight is 395 g/mol. The predicted molar refractivity (Wildman–Crippen MR) is 110 cm³/mol. The van der Waals surface area contributed by atoms with Crippen molar-refractivity contribution in [3.8, 4) is 5.88 Å². The average Bonchev–Trinajstić information content (AvgIpc) is 3.05. The second-order valence-electron chi connectivity index (χ2n) is 8.47. The lowest BCUT2D eigenvalue weighted by atomic mass is 9.94. The van der Waals surface area contributed by atoms with Gasteiger partial charge in [0.15, 0.2) is 0 Å². The highest BCUT2D eigenvalue weighted by atomic mass is 35.5. The van der Waals surface area contributed by atoms with Gasteiger partial charge in [0.1, 0.15) is 5.02 Å². The summed E-state index contributed by atoms with van der Waals surface area (Å²) in [5, 5.41) is 5.28. The number of fused-ring (bicyclic) bond motifs is 1. The number of aromatic nitrogens is 2. The number of halogens is 1. The Labute approximate surface area is 169 Å². The van der Waals surface area contributed by atoms with Gasteiger partial charge in [0.25, 0.3) is 5.88 Å². The van der Waals surface area contributed by atoms with Crippen LogP contribution in [0.2, 0.25) is 5.02 Å². The molecule has 6 heteroatoms. The number of hydrogen-bond acceptors (Lipinski definition) is 4. The number of unbranched alkanes of at least 4 members (excludes halogenated alkanes) is 1. The summed E-state index contributed by atoms with van der Waals surface area (Å²) in [6, 6.07) is 0.875. The van der Waals surface area contributed by atoms with Crippen molar-refractivity contribution in [3.05, 3.63) is 10.7 Å². The molecule has 2 aliphatic heterocycles. The molecular weight excluding hydrogens is 360 g/mol. The normalized spacial score (nSPS) is 22.7. The zero-order valence-corrected chi connectivity index (χ0v) is 17.4. The SMILES string of the molecule is Clc1c(OCCCCN2CCN(C3CCCCC3)CC2)nn2c1CCCC2. The summed E-state index contributed by atoms with van der Waals surface area (Å²) in [5.41, 5.74) is 1.16. The summed E-state index contributed by atoms with van der Waals surface area (Å²) in [4.78, 5) is 5.38. The van der Waals surface area contributed by atoms with E-state index in [1.807, 2.05) is 4.68 Å². The molecule has 1 aromatic heterocycles. The maximum absolute atomic E-state index is 6.43. The van der Waals surface area contributed by atoms with Crippen LogP contribution in [0.1, 0.15) is 63.5 Å². The Balaban J connectivity index is 1.11. The van der Waals surface area contributed by atoms with Gasteiger partial charge >= 0.3 is 0 Å². The topological polar surface area (TPSA) is 33.5 Å². The smallest absolute Gasteiger partial charge is 0.252 e. The highest BCUT2D eigenvalue weighted by Gasteiger charge is 2.25. The highest BCUT2D eigenvalue weighted by molar-refractivity contribution is 6.32. The van der Waals surface area contributed by atoms with Gasteiger partial charge in [0.2, 0.25) is 0 Å². The summed E-state index contributed by atoms with van der Waals surface area (Å²) in [6.07, 6.45) is 12.9. The molecule has 0 bridgehead atoms. The fourth-order valence-corrected chi connectivity index (χ4v) is 5.21. The van der Waals surface area contributed by atoms with Gasteiger partial charge in [-0.2, -0.15) is 0 Å². The first kappa shape index (κ1) is 19.5. The Morgan fingerprint density at radius 2 is 1.74 bits per heavy atom. The maximum atomic E-state index is 6.43. The molecule has 0 N–H and O–H groups in total. The fourth-order valence-electron chi connectivity index (χ4n) is 4.93. The van der Waals surface area contributed by atoms with Crippen LogP contribution in [0.5, 0.6) is 5.88 Å². The van der Waals surface area contributed by atoms with E-state index in [4.69, 9.17) is 16.3 Å². The summed E-state index contributed by atoms with van der Waals surface area (Å²) < 4.78 is 7.92. The van der Waals surface area contributed by atoms with Gasteiger partial charge in [-0.3, -0.25) is 9.58 Å². The van der Waals surface area contributed by atoms with Crippen molar-refractivity contribution in [3.63, 3.8) is 0 Å². The van der Waals surface area contributed by atoms with Crippen LogP contribution in [0.4, 0.5) is 0 Å². The third-order valence-corrected chi connectivity index (χ3v) is 6.98. The summed E-state index contributed by atoms with van der Waals surface area (Å²) in [6.45, 7) is 7.88. The summed E-state index contributed by atoms with van der Waals surface area (Å²) >= 11 is 6.43. The Bertz CT molecular complexity index is 591. The maximum Gasteiger partial charge on any atom is 0.252 e. The third kappa shape index (κ3) is 4.99. The molecule has 0 radical (unpaired) electrons. The fraction of sp³-hybridized carbons (Fsp3) is 0.857. The van der Waals surface area contributed by atoms with E-state index in [1.54, 1.807) is 0 Å². The number of aryl methyl sites for hydroxylation is 1. The second kappa shape index (κ2) is 9.62. The quantitative estimate of drug-likeness (QED) is 0.655. The highest BCUT2D eigenvalue weighted by Crippen LogP contribution is 2.31. The molecule has 1 aromatic rings. The summed E-state index contributed by atoms with van der Waals surface area (Å²) in [7, 11) is 0. The molecule has 5 nitrogen and oxygen atoms in total. The largest absolute Gasteiger partial charge is 0.476 e. The van der Waals surface area contributed by atoms with Gasteiger partial charge in [-0.25, -0.2) is 0 Å². The van der Waals surface area contributed by atoms with Crippen molar-refractivity contribution in [2.45, 2.75) is 76.8 Å². The molecule has 3 heterocycles. The standard InChI is InChI=1S/C21H35ClN4O/c22-20-19-10-4-5-12-26(19)23-21(20)27-17-7-6-11-24-13-15-25(16-14-24)18-8-2-1-3-9-18/h18H,1-17H2. The molecule has 0 amide bonds.